The Morgan fingerprint density at radius 1 is 1.24 bits per heavy atom. The van der Waals surface area contributed by atoms with Crippen molar-refractivity contribution < 1.29 is 29.3 Å². The van der Waals surface area contributed by atoms with E-state index in [4.69, 9.17) is 4.74 Å². The fraction of sp³-hybridized carbons (Fsp3) is 0.579. The predicted octanol–water partition coefficient (Wildman–Crippen LogP) is 0.172. The minimum Gasteiger partial charge on any atom is -0.503 e. The second kappa shape index (κ2) is 8.64. The number of ether oxygens (including phenoxy) is 1. The number of aromatic hydroxyl groups is 1. The third-order valence-corrected chi connectivity index (χ3v) is 5.49. The summed E-state index contributed by atoms with van der Waals surface area (Å²) in [4.78, 5) is 50.7. The number of pyridine rings is 1. The van der Waals surface area contributed by atoms with Gasteiger partial charge in [-0.3, -0.25) is 14.4 Å². The van der Waals surface area contributed by atoms with Crippen molar-refractivity contribution in [3.63, 3.8) is 0 Å². The molecule has 1 atom stereocenters. The molecule has 158 valence electrons. The summed E-state index contributed by atoms with van der Waals surface area (Å²) in [6.07, 6.45) is 5.94. The molecule has 1 unspecified atom stereocenters. The highest BCUT2D eigenvalue weighted by Crippen LogP contribution is 2.25. The van der Waals surface area contributed by atoms with Gasteiger partial charge in [0.05, 0.1) is 13.2 Å². The summed E-state index contributed by atoms with van der Waals surface area (Å²) in [5.74, 6) is -3.51. The van der Waals surface area contributed by atoms with E-state index in [1.165, 1.54) is 16.6 Å². The fourth-order valence-electron chi connectivity index (χ4n) is 3.95. The lowest BCUT2D eigenvalue weighted by atomic mass is 9.95. The highest BCUT2D eigenvalue weighted by molar-refractivity contribution is 6.00. The first-order chi connectivity index (χ1) is 13.8. The highest BCUT2D eigenvalue weighted by atomic mass is 16.5. The Kier molecular flexibility index (Phi) is 6.21. The molecule has 2 amide bonds. The molecule has 29 heavy (non-hydrogen) atoms. The number of carbonyl (C=O) groups excluding carboxylic acids is 2. The zero-order chi connectivity index (χ0) is 21.1. The van der Waals surface area contributed by atoms with Crippen LogP contribution in [0.1, 0.15) is 53.0 Å². The van der Waals surface area contributed by atoms with Crippen molar-refractivity contribution in [1.82, 2.24) is 14.8 Å². The van der Waals surface area contributed by atoms with Crippen LogP contribution in [0.4, 0.5) is 0 Å². The van der Waals surface area contributed by atoms with Crippen LogP contribution in [0.5, 0.6) is 5.75 Å². The molecule has 3 N–H and O–H groups in total. The summed E-state index contributed by atoms with van der Waals surface area (Å²) < 4.78 is 6.21. The van der Waals surface area contributed by atoms with Crippen molar-refractivity contribution in [1.29, 1.82) is 0 Å². The number of carbonyl (C=O) groups is 3. The molecule has 2 heterocycles. The van der Waals surface area contributed by atoms with Gasteiger partial charge in [-0.2, -0.15) is 0 Å². The van der Waals surface area contributed by atoms with E-state index < -0.39 is 34.7 Å². The Morgan fingerprint density at radius 2 is 1.93 bits per heavy atom. The van der Waals surface area contributed by atoms with Crippen LogP contribution in [-0.2, 0) is 16.1 Å². The number of hydrogen-bond donors (Lipinski definition) is 3. The Balaban J connectivity index is 1.96. The van der Waals surface area contributed by atoms with Crippen molar-refractivity contribution in [2.75, 3.05) is 20.3 Å². The first-order valence-corrected chi connectivity index (χ1v) is 9.65. The normalized spacial score (nSPS) is 19.7. The average Bonchev–Trinajstić information content (AvgIpc) is 2.70. The molecule has 0 aromatic carbocycles. The lowest BCUT2D eigenvalue weighted by Crippen LogP contribution is -2.58. The van der Waals surface area contributed by atoms with Gasteiger partial charge in [0.15, 0.2) is 11.4 Å². The Hall–Kier alpha value is -2.88. The maximum atomic E-state index is 13.0. The quantitative estimate of drug-likeness (QED) is 0.611. The molecule has 0 saturated heterocycles. The first-order valence-electron chi connectivity index (χ1n) is 9.65. The second-order valence-electron chi connectivity index (χ2n) is 7.38. The summed E-state index contributed by atoms with van der Waals surface area (Å²) in [7, 11) is 1.46. The van der Waals surface area contributed by atoms with Gasteiger partial charge in [-0.05, 0) is 12.8 Å². The summed E-state index contributed by atoms with van der Waals surface area (Å²) in [6.45, 7) is 0.182. The zero-order valence-corrected chi connectivity index (χ0v) is 16.2. The predicted molar refractivity (Wildman–Crippen MR) is 101 cm³/mol. The number of methoxy groups -OCH3 is 1. The lowest BCUT2D eigenvalue weighted by molar-refractivity contribution is -0.127. The number of fused-ring (bicyclic) bond motifs is 1. The number of rotatable bonds is 6. The minimum absolute atomic E-state index is 0.0361. The average molecular weight is 407 g/mol. The zero-order valence-electron chi connectivity index (χ0n) is 16.2. The van der Waals surface area contributed by atoms with Crippen LogP contribution in [0.3, 0.4) is 0 Å². The smallest absolute Gasteiger partial charge is 0.341 e. The molecular weight excluding hydrogens is 382 g/mol. The van der Waals surface area contributed by atoms with Crippen molar-refractivity contribution in [2.24, 2.45) is 0 Å². The number of amides is 2. The first kappa shape index (κ1) is 20.8. The number of hydrogen-bond acceptors (Lipinski definition) is 6. The largest absolute Gasteiger partial charge is 0.503 e. The summed E-state index contributed by atoms with van der Waals surface area (Å²) >= 11 is 0. The third kappa shape index (κ3) is 4.12. The van der Waals surface area contributed by atoms with E-state index in [0.29, 0.717) is 0 Å². The van der Waals surface area contributed by atoms with E-state index >= 15 is 0 Å². The Bertz CT molecular complexity index is 873. The maximum Gasteiger partial charge on any atom is 0.341 e. The van der Waals surface area contributed by atoms with E-state index in [9.17, 15) is 29.4 Å². The van der Waals surface area contributed by atoms with Crippen molar-refractivity contribution >= 4 is 17.8 Å². The molecular formula is C19H25N3O7. The second-order valence-corrected chi connectivity index (χ2v) is 7.38. The molecule has 2 aliphatic rings. The van der Waals surface area contributed by atoms with Crippen LogP contribution in [-0.4, -0.2) is 69.8 Å². The van der Waals surface area contributed by atoms with Gasteiger partial charge in [0.25, 0.3) is 5.91 Å². The van der Waals surface area contributed by atoms with E-state index in [2.05, 4.69) is 5.32 Å². The Labute approximate surface area is 167 Å². The number of nitrogens with one attached hydrogen (secondary N) is 1. The van der Waals surface area contributed by atoms with E-state index in [1.807, 2.05) is 0 Å². The standard InChI is InChI=1S/C19H25N3O7/c1-29-8-7-22-13(17(25)20-11-5-3-2-4-6-11)10-21-9-12(19(27)28)15(23)16(24)14(21)18(22)26/h9,11,13,24H,2-8,10H2,1H3,(H,20,25)(H,27,28). The molecule has 1 aliphatic carbocycles. The van der Waals surface area contributed by atoms with E-state index in [0.717, 1.165) is 38.3 Å². The van der Waals surface area contributed by atoms with Gasteiger partial charge in [0, 0.05) is 25.9 Å². The van der Waals surface area contributed by atoms with Crippen molar-refractivity contribution in [3.8, 4) is 5.75 Å². The van der Waals surface area contributed by atoms with Gasteiger partial charge < -0.3 is 29.7 Å². The Morgan fingerprint density at radius 3 is 2.55 bits per heavy atom. The van der Waals surface area contributed by atoms with Gasteiger partial charge in [-0.15, -0.1) is 0 Å². The molecule has 10 nitrogen and oxygen atoms in total. The monoisotopic (exact) mass is 407 g/mol. The van der Waals surface area contributed by atoms with E-state index in [-0.39, 0.29) is 37.3 Å². The van der Waals surface area contributed by atoms with Gasteiger partial charge in [-0.25, -0.2) is 4.79 Å². The number of nitrogens with zero attached hydrogens (tertiary/aromatic N) is 2. The number of aromatic carboxylic acids is 1. The van der Waals surface area contributed by atoms with Crippen LogP contribution in [0.15, 0.2) is 11.0 Å². The molecule has 10 heteroatoms. The molecule has 1 fully saturated rings. The van der Waals surface area contributed by atoms with Gasteiger partial charge in [-0.1, -0.05) is 19.3 Å². The molecule has 1 aromatic rings. The summed E-state index contributed by atoms with van der Waals surface area (Å²) in [6, 6.07) is -0.871. The SMILES string of the molecule is COCCN1C(=O)c2c(O)c(=O)c(C(=O)O)cn2CC1C(=O)NC1CCCCC1. The van der Waals surface area contributed by atoms with Crippen LogP contribution in [0, 0.1) is 0 Å². The number of carboxylic acids is 1. The molecule has 1 aromatic heterocycles. The van der Waals surface area contributed by atoms with Crippen LogP contribution in [0.25, 0.3) is 0 Å². The number of carboxylic acid groups (broad SMARTS) is 1. The van der Waals surface area contributed by atoms with Gasteiger partial charge >= 0.3 is 5.97 Å². The van der Waals surface area contributed by atoms with Crippen LogP contribution in [0.2, 0.25) is 0 Å². The third-order valence-electron chi connectivity index (χ3n) is 5.49. The topological polar surface area (TPSA) is 138 Å². The lowest BCUT2D eigenvalue weighted by Gasteiger charge is -2.37. The van der Waals surface area contributed by atoms with Crippen molar-refractivity contribution in [3.05, 3.63) is 27.7 Å². The summed E-state index contributed by atoms with van der Waals surface area (Å²) in [5, 5.41) is 22.4. The number of aromatic nitrogens is 1. The summed E-state index contributed by atoms with van der Waals surface area (Å²) in [5.41, 5.74) is -2.11. The maximum absolute atomic E-state index is 13.0. The van der Waals surface area contributed by atoms with Crippen molar-refractivity contribution in [2.45, 2.75) is 50.7 Å². The minimum atomic E-state index is -1.52. The fourth-order valence-corrected chi connectivity index (χ4v) is 3.95. The molecule has 0 bridgehead atoms. The molecule has 0 spiro atoms. The molecule has 1 saturated carbocycles. The highest BCUT2D eigenvalue weighted by Gasteiger charge is 2.40. The molecule has 1 aliphatic heterocycles. The van der Waals surface area contributed by atoms with Crippen LogP contribution >= 0.6 is 0 Å². The van der Waals surface area contributed by atoms with E-state index in [1.54, 1.807) is 0 Å². The van der Waals surface area contributed by atoms with Gasteiger partial charge in [0.1, 0.15) is 11.6 Å². The molecule has 3 rings (SSSR count). The van der Waals surface area contributed by atoms with Crippen LogP contribution < -0.4 is 10.7 Å². The van der Waals surface area contributed by atoms with Gasteiger partial charge in [0.2, 0.25) is 11.3 Å². The molecule has 0 radical (unpaired) electrons.